The third kappa shape index (κ3) is 6.32. The minimum absolute atomic E-state index is 0.196. The quantitative estimate of drug-likeness (QED) is 0.337. The van der Waals surface area contributed by atoms with E-state index >= 15 is 0 Å². The lowest BCUT2D eigenvalue weighted by Crippen LogP contribution is -2.35. The molecule has 0 aliphatic heterocycles. The maximum absolute atomic E-state index is 12.4. The van der Waals surface area contributed by atoms with E-state index in [1.165, 1.54) is 18.9 Å². The zero-order valence-corrected chi connectivity index (χ0v) is 20.1. The van der Waals surface area contributed by atoms with E-state index in [9.17, 15) is 9.59 Å². The second-order valence-electron chi connectivity index (χ2n) is 7.92. The first-order valence-corrected chi connectivity index (χ1v) is 11.6. The fraction of sp³-hybridized carbons (Fsp3) is 0.320. The summed E-state index contributed by atoms with van der Waals surface area (Å²) in [6.07, 6.45) is 1.70. The highest BCUT2D eigenvalue weighted by Gasteiger charge is 2.14. The highest BCUT2D eigenvalue weighted by molar-refractivity contribution is 7.17. The van der Waals surface area contributed by atoms with Crippen LogP contribution in [0.2, 0.25) is 0 Å². The SMILES string of the molecule is COc1ccc(C(=O)NCC(=O)NN=C(CCC(C)C)c2csc3ccccc23)cc1OC. The lowest BCUT2D eigenvalue weighted by Gasteiger charge is -2.10. The molecule has 0 saturated carbocycles. The molecule has 2 amide bonds. The van der Waals surface area contributed by atoms with Gasteiger partial charge in [0.1, 0.15) is 0 Å². The summed E-state index contributed by atoms with van der Waals surface area (Å²) in [4.78, 5) is 24.8. The van der Waals surface area contributed by atoms with Crippen molar-refractivity contribution in [2.45, 2.75) is 26.7 Å². The molecule has 0 atom stereocenters. The Morgan fingerprint density at radius 3 is 2.55 bits per heavy atom. The minimum atomic E-state index is -0.398. The van der Waals surface area contributed by atoms with Gasteiger partial charge in [0, 0.05) is 26.6 Å². The first kappa shape index (κ1) is 24.3. The first-order chi connectivity index (χ1) is 15.9. The van der Waals surface area contributed by atoms with Gasteiger partial charge in [0.05, 0.1) is 26.5 Å². The number of nitrogens with one attached hydrogen (secondary N) is 2. The number of fused-ring (bicyclic) bond motifs is 1. The van der Waals surface area contributed by atoms with Crippen LogP contribution in [0.25, 0.3) is 10.1 Å². The molecule has 0 aliphatic carbocycles. The highest BCUT2D eigenvalue weighted by atomic mass is 32.1. The van der Waals surface area contributed by atoms with Crippen LogP contribution in [0.1, 0.15) is 42.6 Å². The van der Waals surface area contributed by atoms with Crippen molar-refractivity contribution < 1.29 is 19.1 Å². The van der Waals surface area contributed by atoms with Crippen LogP contribution in [-0.4, -0.2) is 38.3 Å². The molecule has 174 valence electrons. The second-order valence-corrected chi connectivity index (χ2v) is 8.84. The van der Waals surface area contributed by atoms with Crippen LogP contribution in [0.3, 0.4) is 0 Å². The molecule has 33 heavy (non-hydrogen) atoms. The fourth-order valence-electron chi connectivity index (χ4n) is 3.29. The predicted octanol–water partition coefficient (Wildman–Crippen LogP) is 4.61. The van der Waals surface area contributed by atoms with Crippen molar-refractivity contribution >= 4 is 38.9 Å². The summed E-state index contributed by atoms with van der Waals surface area (Å²) in [7, 11) is 3.02. The van der Waals surface area contributed by atoms with Gasteiger partial charge in [-0.15, -0.1) is 11.3 Å². The van der Waals surface area contributed by atoms with Crippen LogP contribution < -0.4 is 20.2 Å². The Kier molecular flexibility index (Phi) is 8.43. The van der Waals surface area contributed by atoms with Crippen molar-refractivity contribution in [2.75, 3.05) is 20.8 Å². The number of hydrazone groups is 1. The van der Waals surface area contributed by atoms with Gasteiger partial charge >= 0.3 is 0 Å². The summed E-state index contributed by atoms with van der Waals surface area (Å²) in [5.74, 6) is 0.689. The van der Waals surface area contributed by atoms with Crippen molar-refractivity contribution in [2.24, 2.45) is 11.0 Å². The van der Waals surface area contributed by atoms with Gasteiger partial charge in [0.15, 0.2) is 11.5 Å². The maximum Gasteiger partial charge on any atom is 0.259 e. The monoisotopic (exact) mass is 467 g/mol. The molecule has 0 bridgehead atoms. The van der Waals surface area contributed by atoms with E-state index in [2.05, 4.69) is 47.2 Å². The van der Waals surface area contributed by atoms with E-state index in [1.807, 2.05) is 12.1 Å². The van der Waals surface area contributed by atoms with Gasteiger partial charge in [-0.2, -0.15) is 5.10 Å². The number of carbonyl (C=O) groups is 2. The molecule has 0 aliphatic rings. The summed E-state index contributed by atoms with van der Waals surface area (Å²) in [5, 5.41) is 10.2. The lowest BCUT2D eigenvalue weighted by molar-refractivity contribution is -0.120. The topological polar surface area (TPSA) is 89.0 Å². The van der Waals surface area contributed by atoms with E-state index < -0.39 is 5.91 Å². The molecule has 0 radical (unpaired) electrons. The van der Waals surface area contributed by atoms with Crippen molar-refractivity contribution in [3.8, 4) is 11.5 Å². The fourth-order valence-corrected chi connectivity index (χ4v) is 4.26. The maximum atomic E-state index is 12.4. The van der Waals surface area contributed by atoms with E-state index in [0.717, 1.165) is 29.5 Å². The average Bonchev–Trinajstić information content (AvgIpc) is 3.26. The molecule has 3 rings (SSSR count). The summed E-state index contributed by atoms with van der Waals surface area (Å²) in [6, 6.07) is 13.0. The van der Waals surface area contributed by atoms with Crippen molar-refractivity contribution in [1.29, 1.82) is 0 Å². The van der Waals surface area contributed by atoms with Gasteiger partial charge in [-0.1, -0.05) is 32.0 Å². The Morgan fingerprint density at radius 1 is 1.06 bits per heavy atom. The normalized spacial score (nSPS) is 11.5. The molecular weight excluding hydrogens is 438 g/mol. The first-order valence-electron chi connectivity index (χ1n) is 10.7. The third-order valence-corrected chi connectivity index (χ3v) is 6.08. The Balaban J connectivity index is 1.66. The lowest BCUT2D eigenvalue weighted by atomic mass is 10.0. The number of rotatable bonds is 10. The molecule has 2 N–H and O–H groups in total. The van der Waals surface area contributed by atoms with E-state index in [4.69, 9.17) is 9.47 Å². The molecule has 3 aromatic rings. The van der Waals surface area contributed by atoms with Crippen molar-refractivity contribution in [3.05, 3.63) is 59.0 Å². The number of hydrogen-bond donors (Lipinski definition) is 2. The summed E-state index contributed by atoms with van der Waals surface area (Å²) >= 11 is 1.66. The Hall–Kier alpha value is -3.39. The molecule has 2 aromatic carbocycles. The Bertz CT molecular complexity index is 1150. The van der Waals surface area contributed by atoms with Gasteiger partial charge in [-0.05, 0) is 43.0 Å². The van der Waals surface area contributed by atoms with Crippen LogP contribution in [0.4, 0.5) is 0 Å². The Morgan fingerprint density at radius 2 is 1.82 bits per heavy atom. The number of benzene rings is 2. The second kappa shape index (κ2) is 11.5. The summed E-state index contributed by atoms with van der Waals surface area (Å²) < 4.78 is 11.6. The largest absolute Gasteiger partial charge is 0.493 e. The molecule has 0 spiro atoms. The molecule has 8 heteroatoms. The number of thiophene rings is 1. The average molecular weight is 468 g/mol. The highest BCUT2D eigenvalue weighted by Crippen LogP contribution is 2.28. The predicted molar refractivity (Wildman–Crippen MR) is 132 cm³/mol. The molecule has 1 aromatic heterocycles. The number of nitrogens with zero attached hydrogens (tertiary/aromatic N) is 1. The van der Waals surface area contributed by atoms with Gasteiger partial charge in [0.25, 0.3) is 11.8 Å². The van der Waals surface area contributed by atoms with Crippen molar-refractivity contribution in [1.82, 2.24) is 10.7 Å². The van der Waals surface area contributed by atoms with E-state index in [1.54, 1.807) is 29.5 Å². The van der Waals surface area contributed by atoms with Gasteiger partial charge in [-0.25, -0.2) is 5.43 Å². The van der Waals surface area contributed by atoms with Gasteiger partial charge < -0.3 is 14.8 Å². The molecule has 1 heterocycles. The van der Waals surface area contributed by atoms with Crippen LogP contribution in [0, 0.1) is 5.92 Å². The summed E-state index contributed by atoms with van der Waals surface area (Å²) in [5.41, 5.74) is 4.84. The summed E-state index contributed by atoms with van der Waals surface area (Å²) in [6.45, 7) is 4.12. The van der Waals surface area contributed by atoms with Crippen LogP contribution in [0.5, 0.6) is 11.5 Å². The number of hydrogen-bond acceptors (Lipinski definition) is 6. The molecule has 0 fully saturated rings. The molecule has 0 unspecified atom stereocenters. The van der Waals surface area contributed by atoms with Crippen molar-refractivity contribution in [3.63, 3.8) is 0 Å². The standard InChI is InChI=1S/C25H29N3O4S/c1-16(2)9-11-20(19-15-33-23-8-6-5-7-18(19)23)27-28-24(29)14-26-25(30)17-10-12-21(31-3)22(13-17)32-4/h5-8,10,12-13,15-16H,9,11,14H2,1-4H3,(H,26,30)(H,28,29). The molecule has 0 saturated heterocycles. The van der Waals surface area contributed by atoms with Crippen LogP contribution in [0.15, 0.2) is 52.9 Å². The van der Waals surface area contributed by atoms with Gasteiger partial charge in [-0.3, -0.25) is 9.59 Å². The Labute approximate surface area is 197 Å². The van der Waals surface area contributed by atoms with Crippen LogP contribution in [-0.2, 0) is 4.79 Å². The number of methoxy groups -OCH3 is 2. The minimum Gasteiger partial charge on any atom is -0.493 e. The van der Waals surface area contributed by atoms with Gasteiger partial charge in [0.2, 0.25) is 0 Å². The number of ether oxygens (including phenoxy) is 2. The number of carbonyl (C=O) groups excluding carboxylic acids is 2. The molecular formula is C25H29N3O4S. The van der Waals surface area contributed by atoms with E-state index in [0.29, 0.717) is 23.0 Å². The molecule has 7 nitrogen and oxygen atoms in total. The number of amides is 2. The van der Waals surface area contributed by atoms with Crippen LogP contribution >= 0.6 is 11.3 Å². The zero-order chi connectivity index (χ0) is 23.8. The zero-order valence-electron chi connectivity index (χ0n) is 19.3. The smallest absolute Gasteiger partial charge is 0.259 e. The van der Waals surface area contributed by atoms with E-state index in [-0.39, 0.29) is 12.5 Å². The third-order valence-electron chi connectivity index (χ3n) is 5.12.